The summed E-state index contributed by atoms with van der Waals surface area (Å²) in [5, 5.41) is 13.0. The van der Waals surface area contributed by atoms with Crippen LogP contribution in [0, 0.1) is 11.8 Å². The van der Waals surface area contributed by atoms with Crippen molar-refractivity contribution in [1.29, 1.82) is 0 Å². The Morgan fingerprint density at radius 1 is 1.21 bits per heavy atom. The fourth-order valence-corrected chi connectivity index (χ4v) is 4.52. The highest BCUT2D eigenvalue weighted by Crippen LogP contribution is 2.40. The van der Waals surface area contributed by atoms with Gasteiger partial charge in [0.15, 0.2) is 0 Å². The zero-order valence-electron chi connectivity index (χ0n) is 16.8. The monoisotopic (exact) mass is 404 g/mol. The van der Waals surface area contributed by atoms with Gasteiger partial charge in [0, 0.05) is 18.3 Å². The summed E-state index contributed by atoms with van der Waals surface area (Å²) in [5.74, 6) is -0.851. The van der Waals surface area contributed by atoms with Crippen LogP contribution in [0.5, 0.6) is 0 Å². The number of carbonyl (C=O) groups excluding carboxylic acids is 2. The van der Waals surface area contributed by atoms with Crippen molar-refractivity contribution in [3.8, 4) is 0 Å². The first kappa shape index (κ1) is 21.0. The molecule has 1 saturated heterocycles. The molecule has 0 radical (unpaired) electrons. The molecule has 1 saturated carbocycles. The number of hydrogen-bond acceptors (Lipinski definition) is 6. The van der Waals surface area contributed by atoms with Crippen molar-refractivity contribution in [3.63, 3.8) is 0 Å². The number of nitrogens with zero attached hydrogens (tertiary/aromatic N) is 1. The molecule has 1 aromatic rings. The molecule has 1 aliphatic heterocycles. The van der Waals surface area contributed by atoms with Gasteiger partial charge in [0.05, 0.1) is 19.3 Å². The Labute approximate surface area is 170 Å². The number of carboxylic acids is 1. The SMILES string of the molecule is CCOC(=O)c1cccc(NC2CCC3CN(C(=O)OC)C(C(=O)O)CC3C2)c1. The van der Waals surface area contributed by atoms with E-state index in [1.165, 1.54) is 12.0 Å². The number of hydrogen-bond donors (Lipinski definition) is 2. The summed E-state index contributed by atoms with van der Waals surface area (Å²) >= 11 is 0. The standard InChI is InChI=1S/C21H28N2O6/c1-3-29-20(26)13-5-4-6-16(9-13)22-17-8-7-14-12-23(21(27)28-2)18(19(24)25)11-15(14)10-17/h4-6,9,14-15,17-18,22H,3,7-8,10-12H2,1-2H3,(H,24,25). The molecule has 2 aliphatic rings. The summed E-state index contributed by atoms with van der Waals surface area (Å²) in [7, 11) is 1.28. The Morgan fingerprint density at radius 3 is 2.69 bits per heavy atom. The molecule has 0 spiro atoms. The quantitative estimate of drug-likeness (QED) is 0.727. The maximum Gasteiger partial charge on any atom is 0.410 e. The number of esters is 1. The molecule has 8 heteroatoms. The molecule has 2 N–H and O–H groups in total. The van der Waals surface area contributed by atoms with E-state index in [0.717, 1.165) is 24.9 Å². The predicted octanol–water partition coefficient (Wildman–Crippen LogP) is 2.99. The highest BCUT2D eigenvalue weighted by atomic mass is 16.5. The van der Waals surface area contributed by atoms with Gasteiger partial charge in [0.25, 0.3) is 0 Å². The number of carbonyl (C=O) groups is 3. The van der Waals surface area contributed by atoms with Crippen molar-refractivity contribution < 1.29 is 29.0 Å². The summed E-state index contributed by atoms with van der Waals surface area (Å²) in [6.07, 6.45) is 2.49. The van der Waals surface area contributed by atoms with E-state index in [1.54, 1.807) is 19.1 Å². The average molecular weight is 404 g/mol. The number of aliphatic carboxylic acids is 1. The Morgan fingerprint density at radius 2 is 2.00 bits per heavy atom. The van der Waals surface area contributed by atoms with Gasteiger partial charge in [-0.1, -0.05) is 6.07 Å². The molecular formula is C21H28N2O6. The van der Waals surface area contributed by atoms with Crippen LogP contribution in [-0.2, 0) is 14.3 Å². The van der Waals surface area contributed by atoms with Crippen LogP contribution in [0.4, 0.5) is 10.5 Å². The summed E-state index contributed by atoms with van der Waals surface area (Å²) < 4.78 is 9.82. The Balaban J connectivity index is 1.65. The molecule has 2 fully saturated rings. The van der Waals surface area contributed by atoms with E-state index in [4.69, 9.17) is 9.47 Å². The molecule has 4 unspecified atom stereocenters. The van der Waals surface area contributed by atoms with Gasteiger partial charge in [-0.05, 0) is 62.6 Å². The van der Waals surface area contributed by atoms with Crippen molar-refractivity contribution in [2.75, 3.05) is 25.6 Å². The van der Waals surface area contributed by atoms with Gasteiger partial charge in [-0.15, -0.1) is 0 Å². The van der Waals surface area contributed by atoms with Crippen LogP contribution in [-0.4, -0.2) is 60.4 Å². The van der Waals surface area contributed by atoms with Gasteiger partial charge < -0.3 is 19.9 Å². The molecule has 1 amide bonds. The normalized spacial score (nSPS) is 26.2. The Hall–Kier alpha value is -2.77. The third kappa shape index (κ3) is 4.81. The number of carboxylic acid groups (broad SMARTS) is 1. The number of likely N-dealkylation sites (tertiary alicyclic amines) is 1. The Kier molecular flexibility index (Phi) is 6.61. The van der Waals surface area contributed by atoms with E-state index in [9.17, 15) is 19.5 Å². The summed E-state index contributed by atoms with van der Waals surface area (Å²) in [6, 6.07) is 6.57. The van der Waals surface area contributed by atoms with Crippen molar-refractivity contribution in [3.05, 3.63) is 29.8 Å². The third-order valence-electron chi connectivity index (χ3n) is 5.91. The maximum absolute atomic E-state index is 12.0. The first-order chi connectivity index (χ1) is 13.9. The van der Waals surface area contributed by atoms with Crippen LogP contribution in [0.15, 0.2) is 24.3 Å². The number of rotatable bonds is 5. The molecule has 4 atom stereocenters. The molecule has 158 valence electrons. The second-order valence-corrected chi connectivity index (χ2v) is 7.69. The van der Waals surface area contributed by atoms with E-state index >= 15 is 0 Å². The highest BCUT2D eigenvalue weighted by molar-refractivity contribution is 5.90. The number of amides is 1. The van der Waals surface area contributed by atoms with Crippen molar-refractivity contribution in [2.45, 2.75) is 44.7 Å². The zero-order valence-corrected chi connectivity index (χ0v) is 16.8. The molecule has 3 rings (SSSR count). The minimum atomic E-state index is -0.994. The predicted molar refractivity (Wildman–Crippen MR) is 106 cm³/mol. The first-order valence-electron chi connectivity index (χ1n) is 10.0. The second kappa shape index (κ2) is 9.15. The van der Waals surface area contributed by atoms with Gasteiger partial charge >= 0.3 is 18.0 Å². The number of nitrogens with one attached hydrogen (secondary N) is 1. The van der Waals surface area contributed by atoms with Crippen LogP contribution >= 0.6 is 0 Å². The van der Waals surface area contributed by atoms with Crippen molar-refractivity contribution in [1.82, 2.24) is 4.90 Å². The topological polar surface area (TPSA) is 105 Å². The average Bonchev–Trinajstić information content (AvgIpc) is 2.72. The summed E-state index contributed by atoms with van der Waals surface area (Å²) in [4.78, 5) is 37.0. The number of methoxy groups -OCH3 is 1. The maximum atomic E-state index is 12.0. The minimum Gasteiger partial charge on any atom is -0.480 e. The third-order valence-corrected chi connectivity index (χ3v) is 5.91. The van der Waals surface area contributed by atoms with E-state index < -0.39 is 18.1 Å². The molecule has 1 aliphatic carbocycles. The van der Waals surface area contributed by atoms with Gasteiger partial charge in [-0.25, -0.2) is 14.4 Å². The number of piperidine rings is 1. The lowest BCUT2D eigenvalue weighted by atomic mass is 9.71. The van der Waals surface area contributed by atoms with Crippen LogP contribution in [0.3, 0.4) is 0 Å². The lowest BCUT2D eigenvalue weighted by Gasteiger charge is -2.45. The van der Waals surface area contributed by atoms with Crippen molar-refractivity contribution >= 4 is 23.7 Å². The molecule has 0 aromatic heterocycles. The fraction of sp³-hybridized carbons (Fsp3) is 0.571. The first-order valence-corrected chi connectivity index (χ1v) is 10.0. The molecule has 1 aromatic carbocycles. The van der Waals surface area contributed by atoms with Crippen molar-refractivity contribution in [2.24, 2.45) is 11.8 Å². The Bertz CT molecular complexity index is 767. The number of ether oxygens (including phenoxy) is 2. The minimum absolute atomic E-state index is 0.188. The van der Waals surface area contributed by atoms with Crippen LogP contribution in [0.2, 0.25) is 0 Å². The summed E-state index contributed by atoms with van der Waals surface area (Å²) in [5.41, 5.74) is 1.35. The number of fused-ring (bicyclic) bond motifs is 1. The molecule has 8 nitrogen and oxygen atoms in total. The van der Waals surface area contributed by atoms with Gasteiger partial charge in [0.1, 0.15) is 6.04 Å². The lowest BCUT2D eigenvalue weighted by molar-refractivity contribution is -0.146. The molecule has 29 heavy (non-hydrogen) atoms. The van der Waals surface area contributed by atoms with E-state index in [-0.39, 0.29) is 23.8 Å². The lowest BCUT2D eigenvalue weighted by Crippen LogP contribution is -2.55. The second-order valence-electron chi connectivity index (χ2n) is 7.69. The van der Waals surface area contributed by atoms with E-state index in [1.807, 2.05) is 12.1 Å². The zero-order chi connectivity index (χ0) is 21.0. The van der Waals surface area contributed by atoms with Gasteiger partial charge in [-0.2, -0.15) is 0 Å². The number of benzene rings is 1. The highest BCUT2D eigenvalue weighted by Gasteiger charge is 2.44. The molecular weight excluding hydrogens is 376 g/mol. The van der Waals surface area contributed by atoms with Crippen LogP contribution in [0.1, 0.15) is 43.0 Å². The number of anilines is 1. The molecule has 0 bridgehead atoms. The van der Waals surface area contributed by atoms with Crippen LogP contribution in [0.25, 0.3) is 0 Å². The van der Waals surface area contributed by atoms with E-state index in [2.05, 4.69) is 5.32 Å². The largest absolute Gasteiger partial charge is 0.480 e. The fourth-order valence-electron chi connectivity index (χ4n) is 4.52. The smallest absolute Gasteiger partial charge is 0.410 e. The van der Waals surface area contributed by atoms with Crippen LogP contribution < -0.4 is 5.32 Å². The summed E-state index contributed by atoms with van der Waals surface area (Å²) in [6.45, 7) is 2.52. The van der Waals surface area contributed by atoms with Gasteiger partial charge in [-0.3, -0.25) is 4.90 Å². The molecule has 1 heterocycles. The van der Waals surface area contributed by atoms with E-state index in [0.29, 0.717) is 25.1 Å². The van der Waals surface area contributed by atoms with Gasteiger partial charge in [0.2, 0.25) is 0 Å².